The lowest BCUT2D eigenvalue weighted by atomic mass is 10.1. The molecule has 0 aliphatic rings. The molecule has 0 aliphatic heterocycles. The number of carbonyl (C=O) groups is 1. The molecule has 1 heterocycles. The van der Waals surface area contributed by atoms with E-state index in [0.29, 0.717) is 5.13 Å². The summed E-state index contributed by atoms with van der Waals surface area (Å²) in [5.74, 6) is 0.486. The van der Waals surface area contributed by atoms with Crippen LogP contribution in [0, 0.1) is 13.8 Å². The minimum atomic E-state index is -0.238. The van der Waals surface area contributed by atoms with Crippen LogP contribution in [0.3, 0.4) is 0 Å². The van der Waals surface area contributed by atoms with Gasteiger partial charge in [0.15, 0.2) is 6.61 Å². The Bertz CT molecular complexity index is 630. The number of aryl methyl sites for hydroxylation is 3. The summed E-state index contributed by atoms with van der Waals surface area (Å²) in [6.45, 7) is 3.89. The summed E-state index contributed by atoms with van der Waals surface area (Å²) in [5, 5.41) is 12.8. The fraction of sp³-hybridized carbons (Fsp3) is 0.357. The first kappa shape index (κ1) is 15.9. The number of nitrogens with zero attached hydrogens (tertiary/aromatic N) is 2. The summed E-state index contributed by atoms with van der Waals surface area (Å²) in [5.41, 5.74) is 2.10. The standard InChI is InChI=1S/C14H16BrN3O2S/c1-9-3-4-10(2)11(7-9)20-8-12(19)16-14-18-17-13(21-14)5-6-15/h3-4,7H,5-6,8H2,1-2H3,(H,16,18,19). The minimum absolute atomic E-state index is 0.0440. The second-order valence-corrected chi connectivity index (χ2v) is 6.40. The number of hydrogen-bond donors (Lipinski definition) is 1. The predicted octanol–water partition coefficient (Wildman–Crippen LogP) is 3.11. The molecule has 0 bridgehead atoms. The topological polar surface area (TPSA) is 64.1 Å². The lowest BCUT2D eigenvalue weighted by Crippen LogP contribution is -2.20. The van der Waals surface area contributed by atoms with E-state index in [0.717, 1.165) is 33.6 Å². The van der Waals surface area contributed by atoms with Crippen LogP contribution in [-0.2, 0) is 11.2 Å². The van der Waals surface area contributed by atoms with E-state index < -0.39 is 0 Å². The number of ether oxygens (including phenoxy) is 1. The summed E-state index contributed by atoms with van der Waals surface area (Å²) in [6.07, 6.45) is 0.798. The highest BCUT2D eigenvalue weighted by atomic mass is 79.9. The van der Waals surface area contributed by atoms with E-state index in [2.05, 4.69) is 31.4 Å². The number of alkyl halides is 1. The van der Waals surface area contributed by atoms with Crippen molar-refractivity contribution in [1.82, 2.24) is 10.2 Å². The number of rotatable bonds is 6. The van der Waals surface area contributed by atoms with Crippen LogP contribution in [0.4, 0.5) is 5.13 Å². The Balaban J connectivity index is 1.88. The summed E-state index contributed by atoms with van der Waals surface area (Å²) in [4.78, 5) is 11.8. The molecule has 0 fully saturated rings. The number of carbonyl (C=O) groups excluding carboxylic acids is 1. The Morgan fingerprint density at radius 3 is 2.95 bits per heavy atom. The van der Waals surface area contributed by atoms with Crippen molar-refractivity contribution in [3.8, 4) is 5.75 Å². The third-order valence-electron chi connectivity index (χ3n) is 2.72. The highest BCUT2D eigenvalue weighted by molar-refractivity contribution is 9.09. The maximum absolute atomic E-state index is 11.8. The molecule has 112 valence electrons. The van der Waals surface area contributed by atoms with Crippen LogP contribution in [-0.4, -0.2) is 28.0 Å². The number of aromatic nitrogens is 2. The van der Waals surface area contributed by atoms with Gasteiger partial charge in [0.1, 0.15) is 10.8 Å². The molecular weight excluding hydrogens is 354 g/mol. The monoisotopic (exact) mass is 369 g/mol. The summed E-state index contributed by atoms with van der Waals surface area (Å²) < 4.78 is 5.54. The Labute approximate surface area is 135 Å². The zero-order valence-electron chi connectivity index (χ0n) is 11.9. The van der Waals surface area contributed by atoms with Crippen molar-refractivity contribution < 1.29 is 9.53 Å². The molecule has 2 rings (SSSR count). The van der Waals surface area contributed by atoms with Crippen LogP contribution in [0.2, 0.25) is 0 Å². The molecule has 0 aliphatic carbocycles. The Morgan fingerprint density at radius 2 is 2.19 bits per heavy atom. The minimum Gasteiger partial charge on any atom is -0.483 e. The van der Waals surface area contributed by atoms with Crippen molar-refractivity contribution in [3.05, 3.63) is 34.3 Å². The second-order valence-electron chi connectivity index (χ2n) is 4.55. The van der Waals surface area contributed by atoms with Gasteiger partial charge < -0.3 is 4.74 Å². The fourth-order valence-electron chi connectivity index (χ4n) is 1.65. The van der Waals surface area contributed by atoms with Crippen molar-refractivity contribution in [3.63, 3.8) is 0 Å². The van der Waals surface area contributed by atoms with Crippen LogP contribution >= 0.6 is 27.3 Å². The average molecular weight is 370 g/mol. The molecule has 21 heavy (non-hydrogen) atoms. The molecule has 0 unspecified atom stereocenters. The third-order valence-corrected chi connectivity index (χ3v) is 4.02. The number of hydrogen-bond acceptors (Lipinski definition) is 5. The largest absolute Gasteiger partial charge is 0.483 e. The number of nitrogens with one attached hydrogen (secondary N) is 1. The Kier molecular flexibility index (Phi) is 5.69. The van der Waals surface area contributed by atoms with Gasteiger partial charge in [-0.2, -0.15) is 0 Å². The Morgan fingerprint density at radius 1 is 1.38 bits per heavy atom. The van der Waals surface area contributed by atoms with Gasteiger partial charge in [0.25, 0.3) is 5.91 Å². The zero-order valence-corrected chi connectivity index (χ0v) is 14.3. The number of halogens is 1. The number of benzene rings is 1. The van der Waals surface area contributed by atoms with Crippen LogP contribution in [0.1, 0.15) is 16.1 Å². The molecule has 1 aromatic heterocycles. The lowest BCUT2D eigenvalue weighted by molar-refractivity contribution is -0.118. The van der Waals surface area contributed by atoms with Crippen molar-refractivity contribution in [2.24, 2.45) is 0 Å². The molecule has 2 aromatic rings. The van der Waals surface area contributed by atoms with Crippen LogP contribution in [0.5, 0.6) is 5.75 Å². The van der Waals surface area contributed by atoms with Crippen LogP contribution in [0.25, 0.3) is 0 Å². The molecule has 0 radical (unpaired) electrons. The molecule has 1 N–H and O–H groups in total. The van der Waals surface area contributed by atoms with E-state index in [1.54, 1.807) is 0 Å². The maximum atomic E-state index is 11.8. The van der Waals surface area contributed by atoms with Crippen LogP contribution < -0.4 is 10.1 Å². The van der Waals surface area contributed by atoms with E-state index in [9.17, 15) is 4.79 Å². The summed E-state index contributed by atoms with van der Waals surface area (Å²) in [7, 11) is 0. The molecule has 1 amide bonds. The third kappa shape index (κ3) is 4.78. The molecule has 7 heteroatoms. The van der Waals surface area contributed by atoms with Crippen molar-refractivity contribution in [2.75, 3.05) is 17.3 Å². The van der Waals surface area contributed by atoms with E-state index in [4.69, 9.17) is 4.74 Å². The lowest BCUT2D eigenvalue weighted by Gasteiger charge is -2.09. The quantitative estimate of drug-likeness (QED) is 0.794. The SMILES string of the molecule is Cc1ccc(C)c(OCC(=O)Nc2nnc(CCBr)s2)c1. The highest BCUT2D eigenvalue weighted by Gasteiger charge is 2.09. The summed E-state index contributed by atoms with van der Waals surface area (Å²) >= 11 is 4.71. The number of amides is 1. The molecular formula is C14H16BrN3O2S. The molecule has 0 saturated heterocycles. The normalized spacial score (nSPS) is 10.4. The van der Waals surface area contributed by atoms with Gasteiger partial charge in [0.05, 0.1) is 0 Å². The van der Waals surface area contributed by atoms with E-state index in [1.165, 1.54) is 11.3 Å². The summed E-state index contributed by atoms with van der Waals surface area (Å²) in [6, 6.07) is 5.90. The first-order valence-corrected chi connectivity index (χ1v) is 8.40. The van der Waals surface area contributed by atoms with Crippen molar-refractivity contribution in [2.45, 2.75) is 20.3 Å². The first-order chi connectivity index (χ1) is 10.1. The maximum Gasteiger partial charge on any atom is 0.264 e. The molecule has 0 saturated carbocycles. The van der Waals surface area contributed by atoms with Gasteiger partial charge >= 0.3 is 0 Å². The average Bonchev–Trinajstić information content (AvgIpc) is 2.87. The van der Waals surface area contributed by atoms with Gasteiger partial charge in [-0.1, -0.05) is 39.4 Å². The van der Waals surface area contributed by atoms with Crippen molar-refractivity contribution >= 4 is 38.3 Å². The highest BCUT2D eigenvalue weighted by Crippen LogP contribution is 2.19. The van der Waals surface area contributed by atoms with E-state index in [-0.39, 0.29) is 12.5 Å². The smallest absolute Gasteiger partial charge is 0.264 e. The van der Waals surface area contributed by atoms with Gasteiger partial charge in [0.2, 0.25) is 5.13 Å². The molecule has 0 spiro atoms. The molecule has 5 nitrogen and oxygen atoms in total. The van der Waals surface area contributed by atoms with Gasteiger partial charge in [-0.05, 0) is 31.0 Å². The molecule has 1 aromatic carbocycles. The van der Waals surface area contributed by atoms with Gasteiger partial charge in [-0.3, -0.25) is 10.1 Å². The second kappa shape index (κ2) is 7.51. The van der Waals surface area contributed by atoms with Crippen LogP contribution in [0.15, 0.2) is 18.2 Å². The van der Waals surface area contributed by atoms with Gasteiger partial charge in [-0.15, -0.1) is 10.2 Å². The predicted molar refractivity (Wildman–Crippen MR) is 87.4 cm³/mol. The van der Waals surface area contributed by atoms with Gasteiger partial charge in [-0.25, -0.2) is 0 Å². The van der Waals surface area contributed by atoms with Crippen molar-refractivity contribution in [1.29, 1.82) is 0 Å². The zero-order chi connectivity index (χ0) is 15.2. The fourth-order valence-corrected chi connectivity index (χ4v) is 3.04. The molecule has 0 atom stereocenters. The van der Waals surface area contributed by atoms with E-state index in [1.807, 2.05) is 32.0 Å². The number of anilines is 1. The van der Waals surface area contributed by atoms with Gasteiger partial charge in [0, 0.05) is 11.8 Å². The first-order valence-electron chi connectivity index (χ1n) is 6.46. The Hall–Kier alpha value is -1.47. The van der Waals surface area contributed by atoms with E-state index >= 15 is 0 Å².